The molecule has 0 aromatic heterocycles. The zero-order valence-corrected chi connectivity index (χ0v) is 10.4. The van der Waals surface area contributed by atoms with Crippen molar-refractivity contribution in [1.29, 1.82) is 0 Å². The van der Waals surface area contributed by atoms with E-state index in [1.807, 2.05) is 0 Å². The molecular formula is C14H18F2N2. The highest BCUT2D eigenvalue weighted by molar-refractivity contribution is 5.19. The second-order valence-corrected chi connectivity index (χ2v) is 5.62. The highest BCUT2D eigenvalue weighted by atomic mass is 19.1. The Labute approximate surface area is 106 Å². The highest BCUT2D eigenvalue weighted by Gasteiger charge is 2.40. The van der Waals surface area contributed by atoms with E-state index in [1.54, 1.807) is 0 Å². The van der Waals surface area contributed by atoms with Gasteiger partial charge in [-0.1, -0.05) is 0 Å². The minimum Gasteiger partial charge on any atom is -0.316 e. The fourth-order valence-electron chi connectivity index (χ4n) is 3.21. The summed E-state index contributed by atoms with van der Waals surface area (Å²) < 4.78 is 26.7. The van der Waals surface area contributed by atoms with Gasteiger partial charge in [0.25, 0.3) is 0 Å². The van der Waals surface area contributed by atoms with E-state index in [9.17, 15) is 8.78 Å². The maximum Gasteiger partial charge on any atom is 0.127 e. The number of nitrogens with zero attached hydrogens (tertiary/aromatic N) is 1. The van der Waals surface area contributed by atoms with E-state index in [0.29, 0.717) is 17.5 Å². The summed E-state index contributed by atoms with van der Waals surface area (Å²) in [4.78, 5) is 2.24. The van der Waals surface area contributed by atoms with Crippen LogP contribution < -0.4 is 5.32 Å². The molecule has 2 saturated heterocycles. The SMILES string of the molecule is Fc1ccc(F)c(CN2CCC3(CCNC3)C2)c1. The van der Waals surface area contributed by atoms with Crippen molar-refractivity contribution in [2.45, 2.75) is 19.4 Å². The summed E-state index contributed by atoms with van der Waals surface area (Å²) in [5.41, 5.74) is 0.849. The lowest BCUT2D eigenvalue weighted by molar-refractivity contribution is 0.265. The number of rotatable bonds is 2. The number of benzene rings is 1. The topological polar surface area (TPSA) is 15.3 Å². The van der Waals surface area contributed by atoms with Gasteiger partial charge in [0.15, 0.2) is 0 Å². The van der Waals surface area contributed by atoms with Crippen molar-refractivity contribution in [3.63, 3.8) is 0 Å². The van der Waals surface area contributed by atoms with Crippen LogP contribution in [0.15, 0.2) is 18.2 Å². The summed E-state index contributed by atoms with van der Waals surface area (Å²) in [6.07, 6.45) is 2.37. The van der Waals surface area contributed by atoms with Gasteiger partial charge >= 0.3 is 0 Å². The molecule has 2 nitrogen and oxygen atoms in total. The third-order valence-corrected chi connectivity index (χ3v) is 4.25. The average Bonchev–Trinajstić information content (AvgIpc) is 2.95. The third-order valence-electron chi connectivity index (χ3n) is 4.25. The molecule has 0 amide bonds. The molecule has 1 aromatic carbocycles. The Morgan fingerprint density at radius 1 is 1.28 bits per heavy atom. The Morgan fingerprint density at radius 3 is 2.94 bits per heavy atom. The van der Waals surface area contributed by atoms with Crippen LogP contribution in [0, 0.1) is 17.0 Å². The first-order valence-corrected chi connectivity index (χ1v) is 6.54. The predicted octanol–water partition coefficient (Wildman–Crippen LogP) is 2.15. The monoisotopic (exact) mass is 252 g/mol. The molecule has 18 heavy (non-hydrogen) atoms. The minimum absolute atomic E-state index is 0.304. The molecule has 1 atom stereocenters. The minimum atomic E-state index is -0.358. The summed E-state index contributed by atoms with van der Waals surface area (Å²) in [6, 6.07) is 3.70. The van der Waals surface area contributed by atoms with Crippen LogP contribution in [-0.2, 0) is 6.54 Å². The molecule has 3 rings (SSSR count). The van der Waals surface area contributed by atoms with E-state index >= 15 is 0 Å². The molecule has 4 heteroatoms. The van der Waals surface area contributed by atoms with Gasteiger partial charge < -0.3 is 5.32 Å². The molecule has 98 valence electrons. The number of nitrogens with one attached hydrogen (secondary N) is 1. The van der Waals surface area contributed by atoms with Crippen LogP contribution in [0.1, 0.15) is 18.4 Å². The van der Waals surface area contributed by atoms with E-state index in [-0.39, 0.29) is 11.6 Å². The first-order chi connectivity index (χ1) is 8.67. The van der Waals surface area contributed by atoms with Crippen molar-refractivity contribution in [3.05, 3.63) is 35.4 Å². The van der Waals surface area contributed by atoms with E-state index in [2.05, 4.69) is 10.2 Å². The summed E-state index contributed by atoms with van der Waals surface area (Å²) in [7, 11) is 0. The van der Waals surface area contributed by atoms with Gasteiger partial charge in [-0.25, -0.2) is 8.78 Å². The zero-order valence-electron chi connectivity index (χ0n) is 10.4. The van der Waals surface area contributed by atoms with Gasteiger partial charge in [0, 0.05) is 25.2 Å². The van der Waals surface area contributed by atoms with Crippen molar-refractivity contribution in [2.24, 2.45) is 5.41 Å². The zero-order chi connectivity index (χ0) is 12.6. The van der Waals surface area contributed by atoms with Gasteiger partial charge in [0.2, 0.25) is 0 Å². The van der Waals surface area contributed by atoms with Crippen LogP contribution >= 0.6 is 0 Å². The second-order valence-electron chi connectivity index (χ2n) is 5.62. The number of halogens is 2. The summed E-state index contributed by atoms with van der Waals surface area (Å²) in [5.74, 6) is -0.662. The van der Waals surface area contributed by atoms with Crippen LogP contribution in [0.25, 0.3) is 0 Å². The lowest BCUT2D eigenvalue weighted by Gasteiger charge is -2.23. The number of hydrogen-bond donors (Lipinski definition) is 1. The molecule has 2 aliphatic heterocycles. The Balaban J connectivity index is 1.69. The van der Waals surface area contributed by atoms with Gasteiger partial charge in [-0.05, 0) is 49.5 Å². The molecular weight excluding hydrogens is 234 g/mol. The Hall–Kier alpha value is -1.00. The van der Waals surface area contributed by atoms with Gasteiger partial charge in [0.1, 0.15) is 11.6 Å². The standard InChI is InChI=1S/C14H18F2N2/c15-12-1-2-13(16)11(7-12)8-18-6-4-14(10-18)3-5-17-9-14/h1-2,7,17H,3-6,8-10H2. The predicted molar refractivity (Wildman–Crippen MR) is 66.2 cm³/mol. The second kappa shape index (κ2) is 4.59. The van der Waals surface area contributed by atoms with Gasteiger partial charge in [-0.2, -0.15) is 0 Å². The molecule has 2 heterocycles. The fourth-order valence-corrected chi connectivity index (χ4v) is 3.21. The fraction of sp³-hybridized carbons (Fsp3) is 0.571. The largest absolute Gasteiger partial charge is 0.316 e. The smallest absolute Gasteiger partial charge is 0.127 e. The molecule has 1 unspecified atom stereocenters. The van der Waals surface area contributed by atoms with Crippen molar-refractivity contribution in [2.75, 3.05) is 26.2 Å². The summed E-state index contributed by atoms with van der Waals surface area (Å²) in [5, 5.41) is 3.40. The average molecular weight is 252 g/mol. The molecule has 1 N–H and O–H groups in total. The Kier molecular flexibility index (Phi) is 3.08. The molecule has 1 spiro atoms. The Morgan fingerprint density at radius 2 is 2.17 bits per heavy atom. The van der Waals surface area contributed by atoms with Crippen molar-refractivity contribution in [3.8, 4) is 0 Å². The van der Waals surface area contributed by atoms with Crippen molar-refractivity contribution >= 4 is 0 Å². The van der Waals surface area contributed by atoms with Crippen LogP contribution in [0.3, 0.4) is 0 Å². The van der Waals surface area contributed by atoms with Gasteiger partial charge in [0.05, 0.1) is 0 Å². The molecule has 0 radical (unpaired) electrons. The Bertz CT molecular complexity index is 441. The molecule has 0 bridgehead atoms. The normalized spacial score (nSPS) is 28.3. The highest BCUT2D eigenvalue weighted by Crippen LogP contribution is 2.36. The quantitative estimate of drug-likeness (QED) is 0.867. The van der Waals surface area contributed by atoms with Crippen LogP contribution in [0.4, 0.5) is 8.78 Å². The molecule has 0 aliphatic carbocycles. The van der Waals surface area contributed by atoms with Crippen molar-refractivity contribution in [1.82, 2.24) is 10.2 Å². The van der Waals surface area contributed by atoms with E-state index in [4.69, 9.17) is 0 Å². The maximum atomic E-state index is 13.6. The van der Waals surface area contributed by atoms with Gasteiger partial charge in [-0.15, -0.1) is 0 Å². The van der Waals surface area contributed by atoms with E-state index < -0.39 is 0 Å². The van der Waals surface area contributed by atoms with Crippen LogP contribution in [0.2, 0.25) is 0 Å². The van der Waals surface area contributed by atoms with Gasteiger partial charge in [-0.3, -0.25) is 4.90 Å². The lowest BCUT2D eigenvalue weighted by atomic mass is 9.86. The third kappa shape index (κ3) is 2.27. The molecule has 0 saturated carbocycles. The maximum absolute atomic E-state index is 13.6. The lowest BCUT2D eigenvalue weighted by Crippen LogP contribution is -2.29. The number of hydrogen-bond acceptors (Lipinski definition) is 2. The first kappa shape index (κ1) is 12.1. The van der Waals surface area contributed by atoms with Crippen LogP contribution in [-0.4, -0.2) is 31.1 Å². The first-order valence-electron chi connectivity index (χ1n) is 6.54. The van der Waals surface area contributed by atoms with E-state index in [1.165, 1.54) is 24.6 Å². The van der Waals surface area contributed by atoms with Crippen molar-refractivity contribution < 1.29 is 8.78 Å². The summed E-state index contributed by atoms with van der Waals surface area (Å²) >= 11 is 0. The molecule has 2 aliphatic rings. The molecule has 2 fully saturated rings. The van der Waals surface area contributed by atoms with Crippen LogP contribution in [0.5, 0.6) is 0 Å². The van der Waals surface area contributed by atoms with E-state index in [0.717, 1.165) is 32.6 Å². The number of likely N-dealkylation sites (tertiary alicyclic amines) is 1. The summed E-state index contributed by atoms with van der Waals surface area (Å²) in [6.45, 7) is 4.65. The molecule has 1 aromatic rings.